The maximum Gasteiger partial charge on any atom is 0.132 e. The minimum atomic E-state index is 0.0797. The van der Waals surface area contributed by atoms with E-state index in [1.807, 2.05) is 18.7 Å². The van der Waals surface area contributed by atoms with E-state index >= 15 is 0 Å². The predicted octanol–water partition coefficient (Wildman–Crippen LogP) is 1.85. The van der Waals surface area contributed by atoms with E-state index in [4.69, 9.17) is 0 Å². The molecule has 1 atom stereocenters. The first-order valence-electron chi connectivity index (χ1n) is 6.46. The second-order valence-electron chi connectivity index (χ2n) is 5.32. The summed E-state index contributed by atoms with van der Waals surface area (Å²) >= 11 is 0. The number of aromatic nitrogens is 2. The quantitative estimate of drug-likeness (QED) is 0.872. The lowest BCUT2D eigenvalue weighted by Crippen LogP contribution is -2.35. The number of hydrogen-bond acceptors (Lipinski definition) is 3. The molecule has 4 heteroatoms. The molecule has 0 aliphatic carbocycles. The van der Waals surface area contributed by atoms with Gasteiger partial charge in [-0.1, -0.05) is 13.8 Å². The molecule has 1 fully saturated rings. The van der Waals surface area contributed by atoms with Gasteiger partial charge in [0.25, 0.3) is 0 Å². The zero-order chi connectivity index (χ0) is 12.6. The first kappa shape index (κ1) is 12.4. The molecule has 1 aliphatic rings. The van der Waals surface area contributed by atoms with Gasteiger partial charge in [0.1, 0.15) is 5.82 Å². The van der Waals surface area contributed by atoms with Crippen molar-refractivity contribution in [2.24, 2.45) is 13.0 Å². The van der Waals surface area contributed by atoms with Gasteiger partial charge in [-0.05, 0) is 25.7 Å². The molecule has 1 N–H and O–H groups in total. The third kappa shape index (κ3) is 2.06. The van der Waals surface area contributed by atoms with Crippen LogP contribution >= 0.6 is 0 Å². The third-order valence-corrected chi connectivity index (χ3v) is 3.81. The molecule has 17 heavy (non-hydrogen) atoms. The number of aliphatic hydroxyl groups is 1. The highest BCUT2D eigenvalue weighted by Crippen LogP contribution is 2.32. The number of aryl methyl sites for hydroxylation is 2. The molecule has 0 saturated carbocycles. The van der Waals surface area contributed by atoms with Crippen LogP contribution in [-0.4, -0.2) is 27.5 Å². The number of hydrogen-bond donors (Lipinski definition) is 1. The van der Waals surface area contributed by atoms with Crippen LogP contribution in [-0.2, 0) is 13.7 Å². The highest BCUT2D eigenvalue weighted by molar-refractivity contribution is 5.51. The topological polar surface area (TPSA) is 41.3 Å². The third-order valence-electron chi connectivity index (χ3n) is 3.81. The molecular weight excluding hydrogens is 214 g/mol. The van der Waals surface area contributed by atoms with E-state index in [0.717, 1.165) is 23.6 Å². The van der Waals surface area contributed by atoms with Gasteiger partial charge in [0.2, 0.25) is 0 Å². The van der Waals surface area contributed by atoms with Gasteiger partial charge in [0.05, 0.1) is 12.3 Å². The van der Waals surface area contributed by atoms with E-state index in [1.165, 1.54) is 12.8 Å². The van der Waals surface area contributed by atoms with Crippen LogP contribution in [0, 0.1) is 12.8 Å². The molecule has 0 bridgehead atoms. The molecule has 2 rings (SSSR count). The average molecular weight is 237 g/mol. The Morgan fingerprint density at radius 2 is 2.18 bits per heavy atom. The van der Waals surface area contributed by atoms with Gasteiger partial charge in [-0.2, -0.15) is 5.10 Å². The summed E-state index contributed by atoms with van der Waals surface area (Å²) < 4.78 is 1.92. The molecule has 1 aromatic rings. The molecule has 96 valence electrons. The standard InChI is InChI=1S/C13H23N3O/c1-9(2)12-6-5-7-16(12)13-11(8-17)10(3)14-15(13)4/h9,12,17H,5-8H2,1-4H3. The molecule has 2 heterocycles. The SMILES string of the molecule is Cc1nn(C)c(N2CCCC2C(C)C)c1CO. The maximum atomic E-state index is 9.52. The Morgan fingerprint density at radius 1 is 1.47 bits per heavy atom. The maximum absolute atomic E-state index is 9.52. The summed E-state index contributed by atoms with van der Waals surface area (Å²) in [6.45, 7) is 7.66. The van der Waals surface area contributed by atoms with Crippen molar-refractivity contribution in [3.05, 3.63) is 11.3 Å². The van der Waals surface area contributed by atoms with Crippen LogP contribution in [0.15, 0.2) is 0 Å². The number of nitrogens with zero attached hydrogens (tertiary/aromatic N) is 3. The average Bonchev–Trinajstić information content (AvgIpc) is 2.81. The summed E-state index contributed by atoms with van der Waals surface area (Å²) in [6.07, 6.45) is 2.48. The number of aliphatic hydroxyl groups excluding tert-OH is 1. The van der Waals surface area contributed by atoms with Gasteiger partial charge in [-0.3, -0.25) is 4.68 Å². The van der Waals surface area contributed by atoms with Crippen molar-refractivity contribution < 1.29 is 5.11 Å². The lowest BCUT2D eigenvalue weighted by atomic mass is 10.0. The molecule has 4 nitrogen and oxygen atoms in total. The predicted molar refractivity (Wildman–Crippen MR) is 69.1 cm³/mol. The number of rotatable bonds is 3. The molecular formula is C13H23N3O. The zero-order valence-corrected chi connectivity index (χ0v) is 11.3. The van der Waals surface area contributed by atoms with Crippen LogP contribution < -0.4 is 4.90 Å². The van der Waals surface area contributed by atoms with E-state index in [9.17, 15) is 5.11 Å². The van der Waals surface area contributed by atoms with Crippen molar-refractivity contribution in [2.45, 2.75) is 46.3 Å². The van der Waals surface area contributed by atoms with Crippen molar-refractivity contribution in [1.29, 1.82) is 0 Å². The Morgan fingerprint density at radius 3 is 2.76 bits per heavy atom. The van der Waals surface area contributed by atoms with E-state index in [2.05, 4.69) is 23.8 Å². The smallest absolute Gasteiger partial charge is 0.132 e. The minimum Gasteiger partial charge on any atom is -0.391 e. The molecule has 1 aromatic heterocycles. The molecule has 0 spiro atoms. The molecule has 0 radical (unpaired) electrons. The van der Waals surface area contributed by atoms with Gasteiger partial charge in [0, 0.05) is 25.2 Å². The summed E-state index contributed by atoms with van der Waals surface area (Å²) in [5.41, 5.74) is 1.93. The zero-order valence-electron chi connectivity index (χ0n) is 11.3. The van der Waals surface area contributed by atoms with E-state index in [0.29, 0.717) is 12.0 Å². The van der Waals surface area contributed by atoms with Crippen molar-refractivity contribution in [2.75, 3.05) is 11.4 Å². The molecule has 1 saturated heterocycles. The van der Waals surface area contributed by atoms with Gasteiger partial charge >= 0.3 is 0 Å². The van der Waals surface area contributed by atoms with Crippen molar-refractivity contribution in [1.82, 2.24) is 9.78 Å². The van der Waals surface area contributed by atoms with Crippen molar-refractivity contribution in [3.8, 4) is 0 Å². The fourth-order valence-electron chi connectivity index (χ4n) is 2.98. The summed E-state index contributed by atoms with van der Waals surface area (Å²) in [7, 11) is 1.97. The molecule has 0 amide bonds. The van der Waals surface area contributed by atoms with E-state index in [1.54, 1.807) is 0 Å². The Labute approximate surface area is 103 Å². The van der Waals surface area contributed by atoms with Gasteiger partial charge in [-0.15, -0.1) is 0 Å². The Kier molecular flexibility index (Phi) is 3.43. The summed E-state index contributed by atoms with van der Waals surface area (Å²) in [5.74, 6) is 1.75. The first-order chi connectivity index (χ1) is 8.06. The summed E-state index contributed by atoms with van der Waals surface area (Å²) in [6, 6.07) is 0.579. The molecule has 0 aromatic carbocycles. The highest BCUT2D eigenvalue weighted by atomic mass is 16.3. The first-order valence-corrected chi connectivity index (χ1v) is 6.46. The van der Waals surface area contributed by atoms with Crippen molar-refractivity contribution >= 4 is 5.82 Å². The normalized spacial score (nSPS) is 20.6. The van der Waals surface area contributed by atoms with E-state index < -0.39 is 0 Å². The van der Waals surface area contributed by atoms with Gasteiger partial charge in [0.15, 0.2) is 0 Å². The fraction of sp³-hybridized carbons (Fsp3) is 0.769. The Hall–Kier alpha value is -1.03. The second kappa shape index (κ2) is 4.69. The fourth-order valence-corrected chi connectivity index (χ4v) is 2.98. The van der Waals surface area contributed by atoms with Crippen LogP contribution in [0.2, 0.25) is 0 Å². The van der Waals surface area contributed by atoms with Crippen LogP contribution in [0.4, 0.5) is 5.82 Å². The molecule has 1 unspecified atom stereocenters. The van der Waals surface area contributed by atoms with Crippen molar-refractivity contribution in [3.63, 3.8) is 0 Å². The lowest BCUT2D eigenvalue weighted by Gasteiger charge is -2.30. The summed E-state index contributed by atoms with van der Waals surface area (Å²) in [5, 5.41) is 14.0. The minimum absolute atomic E-state index is 0.0797. The van der Waals surface area contributed by atoms with Crippen LogP contribution in [0.5, 0.6) is 0 Å². The summed E-state index contributed by atoms with van der Waals surface area (Å²) in [4.78, 5) is 2.43. The largest absolute Gasteiger partial charge is 0.391 e. The highest BCUT2D eigenvalue weighted by Gasteiger charge is 2.31. The number of anilines is 1. The van der Waals surface area contributed by atoms with Crippen LogP contribution in [0.3, 0.4) is 0 Å². The molecule has 1 aliphatic heterocycles. The Bertz CT molecular complexity index is 398. The second-order valence-corrected chi connectivity index (χ2v) is 5.32. The Balaban J connectivity index is 2.39. The monoisotopic (exact) mass is 237 g/mol. The van der Waals surface area contributed by atoms with Gasteiger partial charge < -0.3 is 10.0 Å². The lowest BCUT2D eigenvalue weighted by molar-refractivity contribution is 0.281. The van der Waals surface area contributed by atoms with E-state index in [-0.39, 0.29) is 6.61 Å². The van der Waals surface area contributed by atoms with Crippen LogP contribution in [0.25, 0.3) is 0 Å². The van der Waals surface area contributed by atoms with Gasteiger partial charge in [-0.25, -0.2) is 0 Å². The van der Waals surface area contributed by atoms with Crippen LogP contribution in [0.1, 0.15) is 37.9 Å².